The summed E-state index contributed by atoms with van der Waals surface area (Å²) in [6.07, 6.45) is 0. The number of rotatable bonds is 5. The molecule has 110 valence electrons. The largest absolute Gasteiger partial charge is 0.379 e. The van der Waals surface area contributed by atoms with Gasteiger partial charge in [-0.05, 0) is 36.8 Å². The summed E-state index contributed by atoms with van der Waals surface area (Å²) in [6, 6.07) is 14.2. The summed E-state index contributed by atoms with van der Waals surface area (Å²) >= 11 is 0. The van der Waals surface area contributed by atoms with Gasteiger partial charge in [-0.2, -0.15) is 8.42 Å². The van der Waals surface area contributed by atoms with Crippen molar-refractivity contribution in [2.75, 3.05) is 0 Å². The predicted octanol–water partition coefficient (Wildman–Crippen LogP) is 2.04. The second-order valence-corrected chi connectivity index (χ2v) is 6.09. The molecule has 2 aromatic rings. The van der Waals surface area contributed by atoms with Gasteiger partial charge in [-0.3, -0.25) is 4.79 Å². The lowest BCUT2D eigenvalue weighted by Gasteiger charge is -2.11. The Hall–Kier alpha value is -2.34. The van der Waals surface area contributed by atoms with E-state index in [1.165, 1.54) is 24.3 Å². The molecular formula is C15H15NO4S. The Balaban J connectivity index is 2.28. The van der Waals surface area contributed by atoms with Gasteiger partial charge in [0.05, 0.1) is 5.92 Å². The fourth-order valence-corrected chi connectivity index (χ4v) is 2.71. The number of benzene rings is 2. The molecule has 0 aliphatic carbocycles. The normalized spacial score (nSPS) is 12.6. The molecule has 2 aromatic carbocycles. The first-order valence-electron chi connectivity index (χ1n) is 6.29. The molecule has 0 aromatic heterocycles. The molecule has 2 rings (SSSR count). The Morgan fingerprint density at radius 3 is 2.38 bits per heavy atom. The summed E-state index contributed by atoms with van der Waals surface area (Å²) in [5, 5.41) is 0. The topological polar surface area (TPSA) is 86.5 Å². The summed E-state index contributed by atoms with van der Waals surface area (Å²) in [5.41, 5.74) is 5.84. The number of hydrogen-bond acceptors (Lipinski definition) is 4. The highest BCUT2D eigenvalue weighted by atomic mass is 32.2. The Morgan fingerprint density at radius 2 is 1.76 bits per heavy atom. The van der Waals surface area contributed by atoms with E-state index < -0.39 is 21.9 Å². The lowest BCUT2D eigenvalue weighted by Crippen LogP contribution is -2.18. The van der Waals surface area contributed by atoms with Crippen molar-refractivity contribution in [3.05, 3.63) is 60.2 Å². The van der Waals surface area contributed by atoms with Crippen LogP contribution in [-0.2, 0) is 14.9 Å². The van der Waals surface area contributed by atoms with Crippen LogP contribution in [0.15, 0.2) is 59.5 Å². The van der Waals surface area contributed by atoms with E-state index >= 15 is 0 Å². The van der Waals surface area contributed by atoms with Crippen molar-refractivity contribution in [2.45, 2.75) is 17.7 Å². The van der Waals surface area contributed by atoms with Crippen LogP contribution in [0.5, 0.6) is 5.75 Å². The van der Waals surface area contributed by atoms with E-state index in [4.69, 9.17) is 9.92 Å². The van der Waals surface area contributed by atoms with Crippen molar-refractivity contribution in [3.63, 3.8) is 0 Å². The van der Waals surface area contributed by atoms with Crippen LogP contribution < -0.4 is 9.92 Å². The number of carbonyl (C=O) groups is 1. The fraction of sp³-hybridized carbons (Fsp3) is 0.133. The minimum atomic E-state index is -3.89. The third-order valence-electron chi connectivity index (χ3n) is 3.02. The molecule has 21 heavy (non-hydrogen) atoms. The molecule has 2 N–H and O–H groups in total. The first-order chi connectivity index (χ1) is 9.90. The summed E-state index contributed by atoms with van der Waals surface area (Å²) < 4.78 is 29.3. The van der Waals surface area contributed by atoms with E-state index in [-0.39, 0.29) is 10.6 Å². The molecule has 0 heterocycles. The molecule has 1 amide bonds. The average molecular weight is 305 g/mol. The van der Waals surface area contributed by atoms with Crippen LogP contribution in [0.25, 0.3) is 0 Å². The molecular weight excluding hydrogens is 290 g/mol. The van der Waals surface area contributed by atoms with Gasteiger partial charge in [0.2, 0.25) is 5.91 Å². The summed E-state index contributed by atoms with van der Waals surface area (Å²) in [4.78, 5) is 11.2. The predicted molar refractivity (Wildman–Crippen MR) is 78.3 cm³/mol. The smallest absolute Gasteiger partial charge is 0.339 e. The fourth-order valence-electron chi connectivity index (χ4n) is 1.76. The Labute approximate surface area is 123 Å². The van der Waals surface area contributed by atoms with Crippen molar-refractivity contribution in [1.82, 2.24) is 0 Å². The zero-order valence-corrected chi connectivity index (χ0v) is 12.2. The van der Waals surface area contributed by atoms with Gasteiger partial charge in [0.1, 0.15) is 10.6 Å². The number of primary amides is 1. The third-order valence-corrected chi connectivity index (χ3v) is 4.28. The van der Waals surface area contributed by atoms with E-state index in [1.807, 2.05) is 0 Å². The SMILES string of the molecule is CC(C(N)=O)c1cccc(OS(=O)(=O)c2ccccc2)c1. The highest BCUT2D eigenvalue weighted by Crippen LogP contribution is 2.23. The maximum atomic E-state index is 12.1. The molecule has 0 spiro atoms. The zero-order chi connectivity index (χ0) is 15.5. The molecule has 1 unspecified atom stereocenters. The maximum absolute atomic E-state index is 12.1. The molecule has 0 aliphatic heterocycles. The zero-order valence-electron chi connectivity index (χ0n) is 11.4. The van der Waals surface area contributed by atoms with Crippen LogP contribution in [-0.4, -0.2) is 14.3 Å². The Kier molecular flexibility index (Phi) is 4.28. The number of amides is 1. The Bertz CT molecular complexity index is 741. The summed E-state index contributed by atoms with van der Waals surface area (Å²) in [7, 11) is -3.89. The minimum Gasteiger partial charge on any atom is -0.379 e. The van der Waals surface area contributed by atoms with Crippen LogP contribution in [0.1, 0.15) is 18.4 Å². The van der Waals surface area contributed by atoms with Gasteiger partial charge in [-0.15, -0.1) is 0 Å². The molecule has 6 heteroatoms. The quantitative estimate of drug-likeness (QED) is 0.856. The van der Waals surface area contributed by atoms with Crippen LogP contribution in [0, 0.1) is 0 Å². The molecule has 1 atom stereocenters. The van der Waals surface area contributed by atoms with Crippen molar-refractivity contribution >= 4 is 16.0 Å². The highest BCUT2D eigenvalue weighted by Gasteiger charge is 2.17. The van der Waals surface area contributed by atoms with Gasteiger partial charge in [0.25, 0.3) is 0 Å². The van der Waals surface area contributed by atoms with Crippen LogP contribution in [0.2, 0.25) is 0 Å². The van der Waals surface area contributed by atoms with Gasteiger partial charge in [0, 0.05) is 0 Å². The standard InChI is InChI=1S/C15H15NO4S/c1-11(15(16)17)12-6-5-7-13(10-12)20-21(18,19)14-8-3-2-4-9-14/h2-11H,1H3,(H2,16,17). The van der Waals surface area contributed by atoms with E-state index in [9.17, 15) is 13.2 Å². The molecule has 0 saturated heterocycles. The van der Waals surface area contributed by atoms with E-state index in [1.54, 1.807) is 37.3 Å². The number of nitrogens with two attached hydrogens (primary N) is 1. The van der Waals surface area contributed by atoms with Crippen molar-refractivity contribution in [2.24, 2.45) is 5.73 Å². The van der Waals surface area contributed by atoms with Crippen LogP contribution >= 0.6 is 0 Å². The van der Waals surface area contributed by atoms with E-state index in [2.05, 4.69) is 0 Å². The number of carbonyl (C=O) groups excluding carboxylic acids is 1. The summed E-state index contributed by atoms with van der Waals surface area (Å²) in [6.45, 7) is 1.65. The average Bonchev–Trinajstić information content (AvgIpc) is 2.47. The van der Waals surface area contributed by atoms with Gasteiger partial charge in [-0.1, -0.05) is 30.3 Å². The van der Waals surface area contributed by atoms with Gasteiger partial charge >= 0.3 is 10.1 Å². The molecule has 0 saturated carbocycles. The molecule has 0 fully saturated rings. The van der Waals surface area contributed by atoms with Crippen molar-refractivity contribution < 1.29 is 17.4 Å². The van der Waals surface area contributed by atoms with Gasteiger partial charge < -0.3 is 9.92 Å². The molecule has 0 aliphatic rings. The first-order valence-corrected chi connectivity index (χ1v) is 7.70. The van der Waals surface area contributed by atoms with E-state index in [0.29, 0.717) is 5.56 Å². The lowest BCUT2D eigenvalue weighted by atomic mass is 10.0. The van der Waals surface area contributed by atoms with E-state index in [0.717, 1.165) is 0 Å². The van der Waals surface area contributed by atoms with Gasteiger partial charge in [-0.25, -0.2) is 0 Å². The Morgan fingerprint density at radius 1 is 1.10 bits per heavy atom. The third kappa shape index (κ3) is 3.61. The lowest BCUT2D eigenvalue weighted by molar-refractivity contribution is -0.119. The minimum absolute atomic E-state index is 0.0679. The number of hydrogen-bond donors (Lipinski definition) is 1. The van der Waals surface area contributed by atoms with Crippen molar-refractivity contribution in [3.8, 4) is 5.75 Å². The molecule has 5 nitrogen and oxygen atoms in total. The van der Waals surface area contributed by atoms with Crippen molar-refractivity contribution in [1.29, 1.82) is 0 Å². The molecule has 0 bridgehead atoms. The second kappa shape index (κ2) is 5.97. The maximum Gasteiger partial charge on any atom is 0.339 e. The van der Waals surface area contributed by atoms with Gasteiger partial charge in [0.15, 0.2) is 0 Å². The summed E-state index contributed by atoms with van der Waals surface area (Å²) in [5.74, 6) is -0.865. The molecule has 0 radical (unpaired) electrons. The van der Waals surface area contributed by atoms with Crippen LogP contribution in [0.4, 0.5) is 0 Å². The first kappa shape index (κ1) is 15.1. The second-order valence-electron chi connectivity index (χ2n) is 4.55. The highest BCUT2D eigenvalue weighted by molar-refractivity contribution is 7.87. The monoisotopic (exact) mass is 305 g/mol. The van der Waals surface area contributed by atoms with Crippen LogP contribution in [0.3, 0.4) is 0 Å².